The van der Waals surface area contributed by atoms with Crippen LogP contribution < -0.4 is 10.6 Å². The van der Waals surface area contributed by atoms with Crippen molar-refractivity contribution >= 4 is 28.7 Å². The lowest BCUT2D eigenvalue weighted by Gasteiger charge is -2.35. The average molecular weight is 504 g/mol. The van der Waals surface area contributed by atoms with E-state index >= 15 is 0 Å². The van der Waals surface area contributed by atoms with Crippen LogP contribution in [0.1, 0.15) is 23.0 Å². The number of para-hydroxylation sites is 2. The molecule has 7 nitrogen and oxygen atoms in total. The number of esters is 1. The van der Waals surface area contributed by atoms with E-state index in [-0.39, 0.29) is 11.0 Å². The van der Waals surface area contributed by atoms with E-state index in [9.17, 15) is 40.3 Å². The van der Waals surface area contributed by atoms with Crippen LogP contribution in [0.15, 0.2) is 48.5 Å². The molecular formula is C21H15F7N4O3. The topological polar surface area (TPSA) is 93.2 Å². The van der Waals surface area contributed by atoms with Crippen LogP contribution in [0.25, 0.3) is 11.0 Å². The van der Waals surface area contributed by atoms with Crippen molar-refractivity contribution in [2.75, 3.05) is 11.9 Å². The Bertz CT molecular complexity index is 1250. The minimum atomic E-state index is -5.74. The van der Waals surface area contributed by atoms with Gasteiger partial charge in [0.1, 0.15) is 5.82 Å². The summed E-state index contributed by atoms with van der Waals surface area (Å²) in [4.78, 5) is 32.0. The number of amides is 1. The van der Waals surface area contributed by atoms with E-state index in [1.807, 2.05) is 0 Å². The second kappa shape index (κ2) is 9.35. The monoisotopic (exact) mass is 504 g/mol. The van der Waals surface area contributed by atoms with Gasteiger partial charge in [-0.15, -0.1) is 0 Å². The summed E-state index contributed by atoms with van der Waals surface area (Å²) in [6.45, 7) is 0.540. The van der Waals surface area contributed by atoms with E-state index in [1.165, 1.54) is 28.8 Å². The summed E-state index contributed by atoms with van der Waals surface area (Å²) < 4.78 is 102. The van der Waals surface area contributed by atoms with E-state index in [1.54, 1.807) is 0 Å². The Kier molecular flexibility index (Phi) is 6.85. The first-order chi connectivity index (χ1) is 16.3. The summed E-state index contributed by atoms with van der Waals surface area (Å²) >= 11 is 0. The predicted octanol–water partition coefficient (Wildman–Crippen LogP) is 4.45. The van der Waals surface area contributed by atoms with Gasteiger partial charge in [0.25, 0.3) is 5.91 Å². The van der Waals surface area contributed by atoms with Gasteiger partial charge in [-0.25, -0.2) is 19.2 Å². The fourth-order valence-electron chi connectivity index (χ4n) is 2.94. The van der Waals surface area contributed by atoms with Crippen molar-refractivity contribution in [1.82, 2.24) is 15.3 Å². The fraction of sp³-hybridized carbons (Fsp3) is 0.238. The molecule has 3 rings (SSSR count). The van der Waals surface area contributed by atoms with Crippen LogP contribution in [0.2, 0.25) is 0 Å². The molecule has 14 heteroatoms. The molecule has 0 bridgehead atoms. The van der Waals surface area contributed by atoms with E-state index in [4.69, 9.17) is 0 Å². The number of anilines is 1. The van der Waals surface area contributed by atoms with Crippen LogP contribution in [0.3, 0.4) is 0 Å². The van der Waals surface area contributed by atoms with E-state index in [0.29, 0.717) is 0 Å². The molecule has 0 spiro atoms. The molecule has 186 valence electrons. The molecule has 1 amide bonds. The largest absolute Gasteiger partial charge is 0.463 e. The first-order valence-electron chi connectivity index (χ1n) is 9.72. The Morgan fingerprint density at radius 1 is 0.914 bits per heavy atom. The standard InChI is InChI=1S/C21H15F7N4O3/c1-2-35-18(34)19(21(26,27)28,32-17(33)11-7-9-12(22)10-8-11)31-16-15(20(23,24)25)29-13-5-3-4-6-14(13)30-16/h3-10H,2H2,1H3,(H,30,31)(H,32,33). The molecule has 1 unspecified atom stereocenters. The van der Waals surface area contributed by atoms with Gasteiger partial charge in [-0.05, 0) is 43.3 Å². The molecule has 0 saturated heterocycles. The van der Waals surface area contributed by atoms with Gasteiger partial charge in [-0.1, -0.05) is 12.1 Å². The third-order valence-corrected chi connectivity index (χ3v) is 4.56. The molecule has 1 atom stereocenters. The lowest BCUT2D eigenvalue weighted by molar-refractivity contribution is -0.205. The minimum absolute atomic E-state index is 0.229. The zero-order valence-corrected chi connectivity index (χ0v) is 17.6. The van der Waals surface area contributed by atoms with Crippen molar-refractivity contribution < 1.29 is 45.1 Å². The van der Waals surface area contributed by atoms with E-state index in [2.05, 4.69) is 14.7 Å². The third kappa shape index (κ3) is 5.25. The van der Waals surface area contributed by atoms with Gasteiger partial charge in [0.2, 0.25) is 0 Å². The molecule has 0 saturated carbocycles. The molecular weight excluding hydrogens is 489 g/mol. The number of hydrogen-bond donors (Lipinski definition) is 2. The Hall–Kier alpha value is -3.97. The van der Waals surface area contributed by atoms with Crippen molar-refractivity contribution in [3.63, 3.8) is 0 Å². The number of alkyl halides is 6. The molecule has 0 fully saturated rings. The number of aromatic nitrogens is 2. The molecule has 1 aromatic heterocycles. The smallest absolute Gasteiger partial charge is 0.441 e. The predicted molar refractivity (Wildman–Crippen MR) is 107 cm³/mol. The lowest BCUT2D eigenvalue weighted by atomic mass is 10.1. The maximum Gasteiger partial charge on any atom is 0.441 e. The minimum Gasteiger partial charge on any atom is -0.463 e. The number of hydrogen-bond acceptors (Lipinski definition) is 6. The van der Waals surface area contributed by atoms with Crippen LogP contribution in [0.4, 0.5) is 36.6 Å². The van der Waals surface area contributed by atoms with Crippen molar-refractivity contribution in [2.24, 2.45) is 0 Å². The highest BCUT2D eigenvalue weighted by molar-refractivity contribution is 5.99. The number of benzene rings is 2. The summed E-state index contributed by atoms with van der Waals surface area (Å²) in [6.07, 6.45) is -11.0. The number of carbonyl (C=O) groups excluding carboxylic acids is 2. The molecule has 1 heterocycles. The molecule has 0 aliphatic heterocycles. The van der Waals surface area contributed by atoms with Crippen LogP contribution in [-0.4, -0.2) is 40.3 Å². The van der Waals surface area contributed by atoms with Crippen molar-refractivity contribution in [3.05, 3.63) is 65.6 Å². The van der Waals surface area contributed by atoms with Crippen molar-refractivity contribution in [1.29, 1.82) is 0 Å². The van der Waals surface area contributed by atoms with Gasteiger partial charge in [0, 0.05) is 5.56 Å². The fourth-order valence-corrected chi connectivity index (χ4v) is 2.94. The molecule has 35 heavy (non-hydrogen) atoms. The van der Waals surface area contributed by atoms with Gasteiger partial charge in [0.05, 0.1) is 17.6 Å². The quantitative estimate of drug-likeness (QED) is 0.293. The van der Waals surface area contributed by atoms with Crippen LogP contribution in [0, 0.1) is 5.82 Å². The first kappa shape index (κ1) is 25.6. The average Bonchev–Trinajstić information content (AvgIpc) is 2.77. The Balaban J connectivity index is 2.21. The second-order valence-corrected chi connectivity index (χ2v) is 6.96. The zero-order valence-electron chi connectivity index (χ0n) is 17.6. The highest BCUT2D eigenvalue weighted by Gasteiger charge is 2.64. The number of carbonyl (C=O) groups is 2. The SMILES string of the molecule is CCOC(=O)C(NC(=O)c1ccc(F)cc1)(Nc1nc2ccccc2nc1C(F)(F)F)C(F)(F)F. The summed E-state index contributed by atoms with van der Waals surface area (Å²) in [5, 5.41) is 2.76. The Labute approximate surface area is 192 Å². The summed E-state index contributed by atoms with van der Waals surface area (Å²) in [5.41, 5.74) is -7.12. The van der Waals surface area contributed by atoms with Crippen molar-refractivity contribution in [2.45, 2.75) is 24.9 Å². The molecule has 0 aliphatic carbocycles. The third-order valence-electron chi connectivity index (χ3n) is 4.56. The number of nitrogens with one attached hydrogen (secondary N) is 2. The molecule has 2 aromatic carbocycles. The number of rotatable bonds is 6. The Morgan fingerprint density at radius 2 is 1.49 bits per heavy atom. The second-order valence-electron chi connectivity index (χ2n) is 6.96. The van der Waals surface area contributed by atoms with Gasteiger partial charge >= 0.3 is 24.0 Å². The summed E-state index contributed by atoms with van der Waals surface area (Å²) in [5.74, 6) is -6.02. The summed E-state index contributed by atoms with van der Waals surface area (Å²) in [6, 6.07) is 8.18. The van der Waals surface area contributed by atoms with Crippen LogP contribution in [0.5, 0.6) is 0 Å². The highest BCUT2D eigenvalue weighted by Crippen LogP contribution is 2.38. The van der Waals surface area contributed by atoms with Gasteiger partial charge < -0.3 is 15.4 Å². The highest BCUT2D eigenvalue weighted by atomic mass is 19.4. The van der Waals surface area contributed by atoms with Crippen LogP contribution >= 0.6 is 0 Å². The van der Waals surface area contributed by atoms with E-state index < -0.39 is 59.4 Å². The number of nitrogens with zero attached hydrogens (tertiary/aromatic N) is 2. The number of halogens is 7. The zero-order chi connectivity index (χ0) is 26.0. The number of fused-ring (bicyclic) bond motifs is 1. The number of ether oxygens (including phenoxy) is 1. The first-order valence-corrected chi connectivity index (χ1v) is 9.72. The summed E-state index contributed by atoms with van der Waals surface area (Å²) in [7, 11) is 0. The molecule has 2 N–H and O–H groups in total. The van der Waals surface area contributed by atoms with Gasteiger partial charge in [-0.3, -0.25) is 4.79 Å². The normalized spacial score (nSPS) is 13.7. The molecule has 0 aliphatic rings. The Morgan fingerprint density at radius 3 is 2.00 bits per heavy atom. The lowest BCUT2D eigenvalue weighted by Crippen LogP contribution is -2.69. The van der Waals surface area contributed by atoms with E-state index in [0.717, 1.165) is 37.3 Å². The van der Waals surface area contributed by atoms with Gasteiger partial charge in [0.15, 0.2) is 11.5 Å². The van der Waals surface area contributed by atoms with Crippen molar-refractivity contribution in [3.8, 4) is 0 Å². The maximum atomic E-state index is 14.3. The molecule has 0 radical (unpaired) electrons. The van der Waals surface area contributed by atoms with Gasteiger partial charge in [-0.2, -0.15) is 26.3 Å². The molecule has 3 aromatic rings. The van der Waals surface area contributed by atoms with Crippen LogP contribution in [-0.2, 0) is 15.7 Å². The maximum absolute atomic E-state index is 14.3.